The summed E-state index contributed by atoms with van der Waals surface area (Å²) in [5.74, 6) is 1.05. The fourth-order valence-electron chi connectivity index (χ4n) is 2.32. The molecule has 1 aliphatic heterocycles. The number of hydrogen-bond donors (Lipinski definition) is 0. The minimum absolute atomic E-state index is 0.918. The summed E-state index contributed by atoms with van der Waals surface area (Å²) >= 11 is 3.47. The maximum Gasteiger partial charge on any atom is 0.128 e. The molecule has 4 nitrogen and oxygen atoms in total. The highest BCUT2D eigenvalue weighted by Gasteiger charge is 2.15. The first-order valence-corrected chi connectivity index (χ1v) is 7.81. The van der Waals surface area contributed by atoms with E-state index in [1.165, 1.54) is 0 Å². The van der Waals surface area contributed by atoms with Gasteiger partial charge in [0.05, 0.1) is 19.3 Å². The summed E-state index contributed by atoms with van der Waals surface area (Å²) in [7, 11) is 0. The third-order valence-corrected chi connectivity index (χ3v) is 3.94. The average molecular weight is 345 g/mol. The standard InChI is InChI=1S/C16H17BrN4/c17-15-5-3-4-14(12-15)13-19-21-10-8-20(9-11-21)16-6-1-2-7-18-16/h1-7,12-13H,8-11H2/b19-13+. The van der Waals surface area contributed by atoms with Crippen LogP contribution in [0.3, 0.4) is 0 Å². The second-order valence-corrected chi connectivity index (χ2v) is 5.84. The van der Waals surface area contributed by atoms with Crippen molar-refractivity contribution in [1.29, 1.82) is 0 Å². The lowest BCUT2D eigenvalue weighted by atomic mass is 10.2. The molecule has 1 aromatic heterocycles. The molecule has 0 bridgehead atoms. The Balaban J connectivity index is 1.56. The predicted molar refractivity (Wildman–Crippen MR) is 89.8 cm³/mol. The number of anilines is 1. The van der Waals surface area contributed by atoms with Crippen molar-refractivity contribution in [1.82, 2.24) is 9.99 Å². The first-order valence-electron chi connectivity index (χ1n) is 7.02. The molecule has 0 radical (unpaired) electrons. The molecule has 2 heterocycles. The lowest BCUT2D eigenvalue weighted by Crippen LogP contribution is -2.44. The molecule has 1 saturated heterocycles. The van der Waals surface area contributed by atoms with Crippen molar-refractivity contribution in [2.24, 2.45) is 5.10 Å². The van der Waals surface area contributed by atoms with Crippen LogP contribution < -0.4 is 4.90 Å². The van der Waals surface area contributed by atoms with Gasteiger partial charge in [-0.25, -0.2) is 4.98 Å². The highest BCUT2D eigenvalue weighted by Crippen LogP contribution is 2.13. The molecule has 0 aliphatic carbocycles. The van der Waals surface area contributed by atoms with Crippen LogP contribution in [0.25, 0.3) is 0 Å². The topological polar surface area (TPSA) is 31.7 Å². The van der Waals surface area contributed by atoms with Gasteiger partial charge < -0.3 is 4.90 Å². The van der Waals surface area contributed by atoms with Crippen LogP contribution in [0, 0.1) is 0 Å². The van der Waals surface area contributed by atoms with E-state index < -0.39 is 0 Å². The third-order valence-electron chi connectivity index (χ3n) is 3.45. The molecule has 5 heteroatoms. The van der Waals surface area contributed by atoms with Crippen molar-refractivity contribution in [3.63, 3.8) is 0 Å². The third kappa shape index (κ3) is 3.82. The van der Waals surface area contributed by atoms with Crippen molar-refractivity contribution >= 4 is 28.0 Å². The Bertz CT molecular complexity index is 607. The van der Waals surface area contributed by atoms with Crippen LogP contribution in [0.5, 0.6) is 0 Å². The van der Waals surface area contributed by atoms with E-state index in [-0.39, 0.29) is 0 Å². The Morgan fingerprint density at radius 2 is 1.90 bits per heavy atom. The van der Waals surface area contributed by atoms with Gasteiger partial charge in [0, 0.05) is 23.8 Å². The summed E-state index contributed by atoms with van der Waals surface area (Å²) in [5, 5.41) is 6.67. The number of benzene rings is 1. The van der Waals surface area contributed by atoms with Gasteiger partial charge in [-0.1, -0.05) is 34.1 Å². The quantitative estimate of drug-likeness (QED) is 0.802. The minimum Gasteiger partial charge on any atom is -0.353 e. The lowest BCUT2D eigenvalue weighted by molar-refractivity contribution is 0.271. The van der Waals surface area contributed by atoms with Crippen molar-refractivity contribution in [2.75, 3.05) is 31.1 Å². The van der Waals surface area contributed by atoms with Crippen LogP contribution in [0.4, 0.5) is 5.82 Å². The van der Waals surface area contributed by atoms with E-state index in [1.54, 1.807) is 0 Å². The summed E-state index contributed by atoms with van der Waals surface area (Å²) in [4.78, 5) is 6.69. The van der Waals surface area contributed by atoms with Gasteiger partial charge in [-0.2, -0.15) is 5.10 Å². The second-order valence-electron chi connectivity index (χ2n) is 4.93. The summed E-state index contributed by atoms with van der Waals surface area (Å²) in [6.45, 7) is 3.74. The van der Waals surface area contributed by atoms with E-state index in [0.29, 0.717) is 0 Å². The Hall–Kier alpha value is -1.88. The fraction of sp³-hybridized carbons (Fsp3) is 0.250. The van der Waals surface area contributed by atoms with E-state index >= 15 is 0 Å². The highest BCUT2D eigenvalue weighted by molar-refractivity contribution is 9.10. The van der Waals surface area contributed by atoms with Crippen LogP contribution in [-0.2, 0) is 0 Å². The highest BCUT2D eigenvalue weighted by atomic mass is 79.9. The maximum absolute atomic E-state index is 4.56. The zero-order chi connectivity index (χ0) is 14.5. The number of pyridine rings is 1. The summed E-state index contributed by atoms with van der Waals surface area (Å²) in [6.07, 6.45) is 3.76. The van der Waals surface area contributed by atoms with E-state index in [0.717, 1.165) is 42.0 Å². The molecular formula is C16H17BrN4. The largest absolute Gasteiger partial charge is 0.353 e. The number of piperazine rings is 1. The zero-order valence-corrected chi connectivity index (χ0v) is 13.3. The molecule has 0 N–H and O–H groups in total. The number of halogens is 1. The number of hydrogen-bond acceptors (Lipinski definition) is 4. The van der Waals surface area contributed by atoms with Gasteiger partial charge in [-0.3, -0.25) is 5.01 Å². The van der Waals surface area contributed by atoms with Gasteiger partial charge >= 0.3 is 0 Å². The molecule has 0 atom stereocenters. The zero-order valence-electron chi connectivity index (χ0n) is 11.7. The first-order chi connectivity index (χ1) is 10.3. The van der Waals surface area contributed by atoms with E-state index in [9.17, 15) is 0 Å². The smallest absolute Gasteiger partial charge is 0.128 e. The van der Waals surface area contributed by atoms with Gasteiger partial charge in [0.25, 0.3) is 0 Å². The van der Waals surface area contributed by atoms with Gasteiger partial charge in [-0.15, -0.1) is 0 Å². The molecule has 0 unspecified atom stereocenters. The minimum atomic E-state index is 0.918. The molecule has 0 amide bonds. The monoisotopic (exact) mass is 344 g/mol. The van der Waals surface area contributed by atoms with Crippen molar-refractivity contribution < 1.29 is 0 Å². The molecule has 21 heavy (non-hydrogen) atoms. The summed E-state index contributed by atoms with van der Waals surface area (Å²) in [5.41, 5.74) is 1.11. The Morgan fingerprint density at radius 1 is 1.05 bits per heavy atom. The molecule has 2 aromatic rings. The maximum atomic E-state index is 4.56. The molecule has 0 spiro atoms. The Kier molecular flexibility index (Phi) is 4.50. The Labute approximate surface area is 133 Å². The molecule has 3 rings (SSSR count). The molecule has 1 fully saturated rings. The molecule has 1 aliphatic rings. The number of rotatable bonds is 3. The number of hydrazone groups is 1. The SMILES string of the molecule is Brc1cccc(/C=N/N2CCN(c3ccccn3)CC2)c1. The fourth-order valence-corrected chi connectivity index (χ4v) is 2.73. The van der Waals surface area contributed by atoms with Gasteiger partial charge in [0.2, 0.25) is 0 Å². The molecular weight excluding hydrogens is 328 g/mol. The van der Waals surface area contributed by atoms with Crippen LogP contribution in [0.1, 0.15) is 5.56 Å². The van der Waals surface area contributed by atoms with E-state index in [1.807, 2.05) is 36.7 Å². The van der Waals surface area contributed by atoms with Gasteiger partial charge in [-0.05, 0) is 29.8 Å². The molecule has 1 aromatic carbocycles. The summed E-state index contributed by atoms with van der Waals surface area (Å²) in [6, 6.07) is 14.2. The van der Waals surface area contributed by atoms with Crippen molar-refractivity contribution in [2.45, 2.75) is 0 Å². The van der Waals surface area contributed by atoms with Crippen LogP contribution in [0.15, 0.2) is 58.2 Å². The molecule has 0 saturated carbocycles. The van der Waals surface area contributed by atoms with Crippen LogP contribution in [0.2, 0.25) is 0 Å². The second kappa shape index (κ2) is 6.72. The van der Waals surface area contributed by atoms with Crippen molar-refractivity contribution in [3.05, 3.63) is 58.7 Å². The number of aromatic nitrogens is 1. The lowest BCUT2D eigenvalue weighted by Gasteiger charge is -2.33. The van der Waals surface area contributed by atoms with Crippen LogP contribution >= 0.6 is 15.9 Å². The summed E-state index contributed by atoms with van der Waals surface area (Å²) < 4.78 is 1.08. The van der Waals surface area contributed by atoms with E-state index in [2.05, 4.69) is 54.1 Å². The first kappa shape index (κ1) is 14.1. The van der Waals surface area contributed by atoms with Crippen molar-refractivity contribution in [3.8, 4) is 0 Å². The number of nitrogens with zero attached hydrogens (tertiary/aromatic N) is 4. The predicted octanol–water partition coefficient (Wildman–Crippen LogP) is 3.00. The Morgan fingerprint density at radius 3 is 2.62 bits per heavy atom. The van der Waals surface area contributed by atoms with E-state index in [4.69, 9.17) is 0 Å². The van der Waals surface area contributed by atoms with Gasteiger partial charge in [0.15, 0.2) is 0 Å². The molecule has 108 valence electrons. The normalized spacial score (nSPS) is 15.7. The van der Waals surface area contributed by atoms with Gasteiger partial charge in [0.1, 0.15) is 5.82 Å². The van der Waals surface area contributed by atoms with Crippen LogP contribution in [-0.4, -0.2) is 42.4 Å². The average Bonchev–Trinajstić information content (AvgIpc) is 2.54.